The van der Waals surface area contributed by atoms with Crippen LogP contribution in [0.5, 0.6) is 5.75 Å². The number of ether oxygens (including phenoxy) is 1. The van der Waals surface area contributed by atoms with E-state index in [0.29, 0.717) is 6.54 Å². The minimum Gasteiger partial charge on any atom is -0.493 e. The molecule has 0 unspecified atom stereocenters. The number of anilines is 1. The summed E-state index contributed by atoms with van der Waals surface area (Å²) >= 11 is 1.76. The Bertz CT molecular complexity index is 811. The molecule has 0 amide bonds. The van der Waals surface area contributed by atoms with Crippen molar-refractivity contribution in [2.75, 3.05) is 38.2 Å². The molecule has 2 fully saturated rings. The largest absolute Gasteiger partial charge is 0.493 e. The smallest absolute Gasteiger partial charge is 0.191 e. The third-order valence-electron chi connectivity index (χ3n) is 5.40. The molecule has 2 heterocycles. The molecule has 1 aliphatic heterocycles. The molecule has 156 valence electrons. The van der Waals surface area contributed by atoms with Crippen LogP contribution in [0.1, 0.15) is 36.9 Å². The third kappa shape index (κ3) is 5.85. The Morgan fingerprint density at radius 3 is 2.86 bits per heavy atom. The van der Waals surface area contributed by atoms with Crippen molar-refractivity contribution in [1.82, 2.24) is 15.6 Å². The minimum absolute atomic E-state index is 0.691. The molecular formula is C22H31N5OS. The quantitative estimate of drug-likeness (QED) is 0.487. The molecule has 29 heavy (non-hydrogen) atoms. The van der Waals surface area contributed by atoms with E-state index in [0.717, 1.165) is 61.5 Å². The Morgan fingerprint density at radius 2 is 2.07 bits per heavy atom. The first-order chi connectivity index (χ1) is 14.3. The lowest BCUT2D eigenvalue weighted by molar-refractivity contribution is 0.296. The van der Waals surface area contributed by atoms with Crippen molar-refractivity contribution in [3.8, 4) is 5.75 Å². The number of para-hydroxylation sites is 1. The first-order valence-electron chi connectivity index (χ1n) is 10.7. The van der Waals surface area contributed by atoms with E-state index in [2.05, 4.69) is 44.1 Å². The molecule has 0 atom stereocenters. The molecule has 1 aromatic carbocycles. The summed E-state index contributed by atoms with van der Waals surface area (Å²) in [6.07, 6.45) is 6.07. The summed E-state index contributed by atoms with van der Waals surface area (Å²) in [6, 6.07) is 8.24. The van der Waals surface area contributed by atoms with Crippen LogP contribution in [-0.4, -0.2) is 44.2 Å². The van der Waals surface area contributed by atoms with Gasteiger partial charge in [-0.2, -0.15) is 0 Å². The number of aromatic nitrogens is 1. The van der Waals surface area contributed by atoms with Crippen LogP contribution in [0.4, 0.5) is 5.13 Å². The van der Waals surface area contributed by atoms with Gasteiger partial charge in [-0.25, -0.2) is 4.98 Å². The van der Waals surface area contributed by atoms with Crippen LogP contribution in [0.25, 0.3) is 0 Å². The van der Waals surface area contributed by atoms with Crippen molar-refractivity contribution in [3.63, 3.8) is 0 Å². The highest BCUT2D eigenvalue weighted by atomic mass is 32.1. The maximum atomic E-state index is 6.00. The number of hydrogen-bond donors (Lipinski definition) is 2. The molecular weight excluding hydrogens is 382 g/mol. The highest BCUT2D eigenvalue weighted by Gasteiger charge is 2.22. The highest BCUT2D eigenvalue weighted by Crippen LogP contribution is 2.30. The number of rotatable bonds is 9. The number of thiazole rings is 1. The van der Waals surface area contributed by atoms with Crippen LogP contribution in [-0.2, 0) is 13.0 Å². The lowest BCUT2D eigenvalue weighted by Gasteiger charge is -2.14. The summed E-state index contributed by atoms with van der Waals surface area (Å²) in [5.41, 5.74) is 2.31. The van der Waals surface area contributed by atoms with Gasteiger partial charge in [0.05, 0.1) is 12.3 Å². The third-order valence-corrected chi connectivity index (χ3v) is 6.35. The molecule has 1 saturated carbocycles. The Morgan fingerprint density at radius 1 is 1.24 bits per heavy atom. The standard InChI is InChI=1S/C22H31N5OS/c1-23-21(24-11-10-19-16-29-22(26-19)27-12-4-5-13-27)25-14-18-6-2-3-7-20(18)28-15-17-8-9-17/h2-3,6-7,16-17H,4-5,8-15H2,1H3,(H2,23,24,25). The van der Waals surface area contributed by atoms with E-state index in [1.807, 2.05) is 6.07 Å². The predicted octanol–water partition coefficient (Wildman–Crippen LogP) is 3.44. The molecule has 1 aromatic heterocycles. The van der Waals surface area contributed by atoms with Crippen molar-refractivity contribution in [3.05, 3.63) is 40.9 Å². The van der Waals surface area contributed by atoms with Crippen LogP contribution in [0, 0.1) is 5.92 Å². The predicted molar refractivity (Wildman–Crippen MR) is 120 cm³/mol. The Labute approximate surface area is 177 Å². The normalized spacial score (nSPS) is 16.9. The van der Waals surface area contributed by atoms with E-state index in [4.69, 9.17) is 9.72 Å². The molecule has 1 aliphatic carbocycles. The van der Waals surface area contributed by atoms with Crippen LogP contribution in [0.15, 0.2) is 34.6 Å². The second kappa shape index (κ2) is 9.96. The van der Waals surface area contributed by atoms with Gasteiger partial charge in [-0.3, -0.25) is 4.99 Å². The molecule has 6 nitrogen and oxygen atoms in total. The van der Waals surface area contributed by atoms with Gasteiger partial charge in [-0.05, 0) is 37.7 Å². The summed E-state index contributed by atoms with van der Waals surface area (Å²) < 4.78 is 6.00. The highest BCUT2D eigenvalue weighted by molar-refractivity contribution is 7.13. The summed E-state index contributed by atoms with van der Waals surface area (Å²) in [7, 11) is 1.80. The van der Waals surface area contributed by atoms with Crippen molar-refractivity contribution >= 4 is 22.4 Å². The van der Waals surface area contributed by atoms with Gasteiger partial charge in [-0.1, -0.05) is 18.2 Å². The van der Waals surface area contributed by atoms with Gasteiger partial charge in [0, 0.05) is 50.6 Å². The summed E-state index contributed by atoms with van der Waals surface area (Å²) in [5, 5.41) is 10.1. The number of benzene rings is 1. The SMILES string of the molecule is CN=C(NCCc1csc(N2CCCC2)n1)NCc1ccccc1OCC1CC1. The Hall–Kier alpha value is -2.28. The van der Waals surface area contributed by atoms with E-state index in [1.54, 1.807) is 18.4 Å². The topological polar surface area (TPSA) is 61.8 Å². The summed E-state index contributed by atoms with van der Waals surface area (Å²) in [6.45, 7) is 4.62. The van der Waals surface area contributed by atoms with E-state index in [-0.39, 0.29) is 0 Å². The molecule has 0 spiro atoms. The van der Waals surface area contributed by atoms with E-state index in [1.165, 1.54) is 30.8 Å². The fourth-order valence-corrected chi connectivity index (χ4v) is 4.37. The molecule has 7 heteroatoms. The van der Waals surface area contributed by atoms with Crippen molar-refractivity contribution < 1.29 is 4.74 Å². The van der Waals surface area contributed by atoms with Crippen molar-refractivity contribution in [2.24, 2.45) is 10.9 Å². The lowest BCUT2D eigenvalue weighted by atomic mass is 10.2. The minimum atomic E-state index is 0.691. The zero-order valence-corrected chi connectivity index (χ0v) is 18.0. The van der Waals surface area contributed by atoms with Crippen LogP contribution in [0.2, 0.25) is 0 Å². The van der Waals surface area contributed by atoms with Crippen LogP contribution < -0.4 is 20.3 Å². The number of guanidine groups is 1. The van der Waals surface area contributed by atoms with Crippen LogP contribution >= 0.6 is 11.3 Å². The van der Waals surface area contributed by atoms with Gasteiger partial charge in [0.15, 0.2) is 11.1 Å². The maximum Gasteiger partial charge on any atom is 0.191 e. The zero-order chi connectivity index (χ0) is 19.9. The molecule has 2 aromatic rings. The first kappa shape index (κ1) is 20.0. The van der Waals surface area contributed by atoms with E-state index >= 15 is 0 Å². The second-order valence-corrected chi connectivity index (χ2v) is 8.62. The van der Waals surface area contributed by atoms with E-state index in [9.17, 15) is 0 Å². The Kier molecular flexibility index (Phi) is 6.87. The summed E-state index contributed by atoms with van der Waals surface area (Å²) in [4.78, 5) is 11.5. The van der Waals surface area contributed by atoms with Crippen LogP contribution in [0.3, 0.4) is 0 Å². The molecule has 2 aliphatic rings. The molecule has 0 bridgehead atoms. The van der Waals surface area contributed by atoms with Gasteiger partial charge in [0.25, 0.3) is 0 Å². The van der Waals surface area contributed by atoms with E-state index < -0.39 is 0 Å². The average Bonchev–Trinajstić information content (AvgIpc) is 3.20. The van der Waals surface area contributed by atoms with Gasteiger partial charge >= 0.3 is 0 Å². The number of aliphatic imine (C=N–C) groups is 1. The molecule has 4 rings (SSSR count). The van der Waals surface area contributed by atoms with Gasteiger partial charge < -0.3 is 20.3 Å². The summed E-state index contributed by atoms with van der Waals surface area (Å²) in [5.74, 6) is 2.53. The van der Waals surface area contributed by atoms with Gasteiger partial charge in [-0.15, -0.1) is 11.3 Å². The fraction of sp³-hybridized carbons (Fsp3) is 0.545. The molecule has 1 saturated heterocycles. The number of nitrogens with zero attached hydrogens (tertiary/aromatic N) is 3. The molecule has 0 radical (unpaired) electrons. The zero-order valence-electron chi connectivity index (χ0n) is 17.2. The average molecular weight is 414 g/mol. The van der Waals surface area contributed by atoms with Gasteiger partial charge in [0.1, 0.15) is 5.75 Å². The number of nitrogens with one attached hydrogen (secondary N) is 2. The first-order valence-corrected chi connectivity index (χ1v) is 11.5. The van der Waals surface area contributed by atoms with Crippen molar-refractivity contribution in [1.29, 1.82) is 0 Å². The monoisotopic (exact) mass is 413 g/mol. The lowest BCUT2D eigenvalue weighted by Crippen LogP contribution is -2.38. The number of hydrogen-bond acceptors (Lipinski definition) is 5. The second-order valence-electron chi connectivity index (χ2n) is 7.78. The molecule has 2 N–H and O–H groups in total. The fourth-order valence-electron chi connectivity index (χ4n) is 3.46. The van der Waals surface area contributed by atoms with Crippen molar-refractivity contribution in [2.45, 2.75) is 38.6 Å². The van der Waals surface area contributed by atoms with Gasteiger partial charge in [0.2, 0.25) is 0 Å². The maximum absolute atomic E-state index is 6.00. The Balaban J connectivity index is 1.22.